The van der Waals surface area contributed by atoms with E-state index in [1.807, 2.05) is 0 Å². The average molecular weight is 328 g/mol. The zero-order chi connectivity index (χ0) is 17.0. The van der Waals surface area contributed by atoms with Crippen molar-refractivity contribution < 1.29 is 19.0 Å². The lowest BCUT2D eigenvalue weighted by Crippen LogP contribution is -2.52. The van der Waals surface area contributed by atoms with Crippen LogP contribution in [0.1, 0.15) is 27.7 Å². The van der Waals surface area contributed by atoms with Gasteiger partial charge in [0.25, 0.3) is 0 Å². The second-order valence-electron chi connectivity index (χ2n) is 7.17. The van der Waals surface area contributed by atoms with E-state index in [-0.39, 0.29) is 36.3 Å². The summed E-state index contributed by atoms with van der Waals surface area (Å²) in [6.07, 6.45) is 0.835. The van der Waals surface area contributed by atoms with Gasteiger partial charge in [-0.3, -0.25) is 14.6 Å². The van der Waals surface area contributed by atoms with E-state index >= 15 is 0 Å². The van der Waals surface area contributed by atoms with E-state index in [1.54, 1.807) is 0 Å². The highest BCUT2D eigenvalue weighted by Crippen LogP contribution is 2.17. The number of methoxy groups -OCH3 is 1. The number of nitrogens with zero attached hydrogens (tertiary/aromatic N) is 2. The third-order valence-corrected chi connectivity index (χ3v) is 4.48. The van der Waals surface area contributed by atoms with Gasteiger partial charge >= 0.3 is 5.97 Å². The minimum absolute atomic E-state index is 0.122. The normalized spacial score (nSPS) is 35.0. The van der Waals surface area contributed by atoms with Crippen LogP contribution in [0.4, 0.5) is 0 Å². The summed E-state index contributed by atoms with van der Waals surface area (Å²) in [6, 6.07) is 0. The maximum Gasteiger partial charge on any atom is 0.311 e. The van der Waals surface area contributed by atoms with Crippen molar-refractivity contribution in [3.63, 3.8) is 0 Å². The fourth-order valence-electron chi connectivity index (χ4n) is 3.86. The second kappa shape index (κ2) is 8.42. The Morgan fingerprint density at radius 1 is 0.913 bits per heavy atom. The van der Waals surface area contributed by atoms with E-state index < -0.39 is 0 Å². The second-order valence-corrected chi connectivity index (χ2v) is 7.17. The van der Waals surface area contributed by atoms with Crippen molar-refractivity contribution >= 4 is 5.97 Å². The van der Waals surface area contributed by atoms with Gasteiger partial charge in [-0.15, -0.1) is 0 Å². The van der Waals surface area contributed by atoms with Crippen LogP contribution in [0.2, 0.25) is 0 Å². The molecule has 4 unspecified atom stereocenters. The maximum atomic E-state index is 12.2. The molecular weight excluding hydrogens is 296 g/mol. The SMILES string of the molecule is COC(=O)C(CN1CC(C)OC(C)C1)CN1CC(C)OC(C)C1. The van der Waals surface area contributed by atoms with Crippen LogP contribution in [0.25, 0.3) is 0 Å². The van der Waals surface area contributed by atoms with Crippen LogP contribution >= 0.6 is 0 Å². The minimum atomic E-state index is -0.130. The first-order valence-corrected chi connectivity index (χ1v) is 8.70. The molecule has 0 aromatic rings. The predicted molar refractivity (Wildman–Crippen MR) is 88.4 cm³/mol. The van der Waals surface area contributed by atoms with Crippen molar-refractivity contribution in [2.75, 3.05) is 46.4 Å². The molecule has 0 aliphatic carbocycles. The van der Waals surface area contributed by atoms with Crippen LogP contribution in [0.3, 0.4) is 0 Å². The monoisotopic (exact) mass is 328 g/mol. The number of morpholine rings is 2. The Hall–Kier alpha value is -0.690. The summed E-state index contributed by atoms with van der Waals surface area (Å²) < 4.78 is 16.6. The van der Waals surface area contributed by atoms with Gasteiger partial charge in [0.05, 0.1) is 37.4 Å². The van der Waals surface area contributed by atoms with Crippen LogP contribution in [0.5, 0.6) is 0 Å². The standard InChI is InChI=1S/C17H32N2O4/c1-12-6-18(7-13(2)22-12)10-16(17(20)21-5)11-19-8-14(3)23-15(4)9-19/h12-16H,6-11H2,1-5H3. The number of carbonyl (C=O) groups is 1. The molecule has 134 valence electrons. The van der Waals surface area contributed by atoms with Crippen LogP contribution in [-0.4, -0.2) is 86.6 Å². The highest BCUT2D eigenvalue weighted by molar-refractivity contribution is 5.72. The Morgan fingerprint density at radius 3 is 1.57 bits per heavy atom. The van der Waals surface area contributed by atoms with E-state index in [9.17, 15) is 4.79 Å². The summed E-state index contributed by atoms with van der Waals surface area (Å²) in [5.41, 5.74) is 0. The Labute approximate surface area is 140 Å². The van der Waals surface area contributed by atoms with Gasteiger partial charge in [-0.2, -0.15) is 0 Å². The Morgan fingerprint density at radius 2 is 1.26 bits per heavy atom. The first kappa shape index (κ1) is 18.6. The summed E-state index contributed by atoms with van der Waals surface area (Å²) >= 11 is 0. The molecule has 0 radical (unpaired) electrons. The number of carbonyl (C=O) groups excluding carboxylic acids is 1. The molecule has 2 fully saturated rings. The third-order valence-electron chi connectivity index (χ3n) is 4.48. The van der Waals surface area contributed by atoms with Crippen LogP contribution in [0.15, 0.2) is 0 Å². The van der Waals surface area contributed by atoms with Crippen LogP contribution < -0.4 is 0 Å². The molecule has 2 heterocycles. The molecule has 2 saturated heterocycles. The highest BCUT2D eigenvalue weighted by Gasteiger charge is 2.31. The van der Waals surface area contributed by atoms with Crippen molar-refractivity contribution in [3.8, 4) is 0 Å². The van der Waals surface area contributed by atoms with Crippen molar-refractivity contribution in [1.29, 1.82) is 0 Å². The molecule has 0 spiro atoms. The van der Waals surface area contributed by atoms with E-state index in [0.717, 1.165) is 39.3 Å². The lowest BCUT2D eigenvalue weighted by atomic mass is 10.1. The van der Waals surface area contributed by atoms with Gasteiger partial charge in [-0.25, -0.2) is 0 Å². The largest absolute Gasteiger partial charge is 0.469 e. The van der Waals surface area contributed by atoms with Crippen LogP contribution in [-0.2, 0) is 19.0 Å². The molecule has 0 amide bonds. The molecule has 4 atom stereocenters. The third kappa shape index (κ3) is 5.71. The van der Waals surface area contributed by atoms with Crippen molar-refractivity contribution in [3.05, 3.63) is 0 Å². The smallest absolute Gasteiger partial charge is 0.311 e. The van der Waals surface area contributed by atoms with Crippen molar-refractivity contribution in [2.24, 2.45) is 5.92 Å². The average Bonchev–Trinajstić information content (AvgIpc) is 2.43. The van der Waals surface area contributed by atoms with Gasteiger partial charge in [-0.1, -0.05) is 0 Å². The molecule has 0 aromatic heterocycles. The first-order valence-electron chi connectivity index (χ1n) is 8.70. The molecule has 0 saturated carbocycles. The lowest BCUT2D eigenvalue weighted by molar-refractivity contribution is -0.150. The quantitative estimate of drug-likeness (QED) is 0.702. The van der Waals surface area contributed by atoms with Gasteiger partial charge in [0.15, 0.2) is 0 Å². The Bertz CT molecular complexity index is 345. The van der Waals surface area contributed by atoms with E-state index in [1.165, 1.54) is 7.11 Å². The van der Waals surface area contributed by atoms with Crippen molar-refractivity contribution in [2.45, 2.75) is 52.1 Å². The summed E-state index contributed by atoms with van der Waals surface area (Å²) in [5, 5.41) is 0. The number of esters is 1. The molecule has 2 aliphatic heterocycles. The molecule has 23 heavy (non-hydrogen) atoms. The topological polar surface area (TPSA) is 51.2 Å². The fraction of sp³-hybridized carbons (Fsp3) is 0.941. The molecule has 2 rings (SSSR count). The Kier molecular flexibility index (Phi) is 6.83. The predicted octanol–water partition coefficient (Wildman–Crippen LogP) is 0.994. The lowest BCUT2D eigenvalue weighted by Gasteiger charge is -2.39. The molecule has 0 N–H and O–H groups in total. The molecule has 2 aliphatic rings. The zero-order valence-electron chi connectivity index (χ0n) is 15.2. The molecule has 0 aromatic carbocycles. The number of hydrogen-bond donors (Lipinski definition) is 0. The van der Waals surface area contributed by atoms with Crippen LogP contribution in [0, 0.1) is 5.92 Å². The zero-order valence-corrected chi connectivity index (χ0v) is 15.2. The molecular formula is C17H32N2O4. The summed E-state index contributed by atoms with van der Waals surface area (Å²) in [4.78, 5) is 16.9. The van der Waals surface area contributed by atoms with Gasteiger partial charge in [0.2, 0.25) is 0 Å². The highest BCUT2D eigenvalue weighted by atomic mass is 16.5. The number of hydrogen-bond acceptors (Lipinski definition) is 6. The first-order chi connectivity index (χ1) is 10.9. The summed E-state index contributed by atoms with van der Waals surface area (Å²) in [6.45, 7) is 13.3. The van der Waals surface area contributed by atoms with E-state index in [0.29, 0.717) is 0 Å². The molecule has 6 nitrogen and oxygen atoms in total. The molecule has 6 heteroatoms. The van der Waals surface area contributed by atoms with Gasteiger partial charge in [0, 0.05) is 39.3 Å². The number of ether oxygens (including phenoxy) is 3. The van der Waals surface area contributed by atoms with E-state index in [4.69, 9.17) is 14.2 Å². The summed E-state index contributed by atoms with van der Waals surface area (Å²) in [7, 11) is 1.48. The number of rotatable bonds is 5. The van der Waals surface area contributed by atoms with E-state index in [2.05, 4.69) is 37.5 Å². The summed E-state index contributed by atoms with van der Waals surface area (Å²) in [5.74, 6) is -0.251. The van der Waals surface area contributed by atoms with Gasteiger partial charge in [-0.05, 0) is 27.7 Å². The van der Waals surface area contributed by atoms with Crippen molar-refractivity contribution in [1.82, 2.24) is 9.80 Å². The molecule has 0 bridgehead atoms. The minimum Gasteiger partial charge on any atom is -0.469 e. The Balaban J connectivity index is 1.95. The maximum absolute atomic E-state index is 12.2. The van der Waals surface area contributed by atoms with Gasteiger partial charge in [0.1, 0.15) is 0 Å². The van der Waals surface area contributed by atoms with Gasteiger partial charge < -0.3 is 14.2 Å². The fourth-order valence-corrected chi connectivity index (χ4v) is 3.86.